The molecule has 7 nitrogen and oxygen atoms in total. The van der Waals surface area contributed by atoms with E-state index in [0.717, 1.165) is 17.5 Å². The molecule has 4 rings (SSSR count). The second kappa shape index (κ2) is 9.66. The molecule has 0 spiro atoms. The predicted molar refractivity (Wildman–Crippen MR) is 127 cm³/mol. The first kappa shape index (κ1) is 23.5. The molecule has 0 aliphatic heterocycles. The maximum atomic E-state index is 13.5. The summed E-state index contributed by atoms with van der Waals surface area (Å²) in [5.74, 6) is 0.691. The lowest BCUT2D eigenvalue weighted by molar-refractivity contribution is 0.398. The Kier molecular flexibility index (Phi) is 6.67. The van der Waals surface area contributed by atoms with Gasteiger partial charge in [0.05, 0.1) is 24.6 Å². The number of H-pyrrole nitrogens is 1. The van der Waals surface area contributed by atoms with Crippen molar-refractivity contribution in [2.75, 3.05) is 14.2 Å². The minimum atomic E-state index is -4.05. The Morgan fingerprint density at radius 1 is 0.853 bits per heavy atom. The monoisotopic (exact) mass is 482 g/mol. The maximum Gasteiger partial charge on any atom is 0.252 e. The van der Waals surface area contributed by atoms with Crippen LogP contribution in [-0.2, 0) is 23.1 Å². The highest BCUT2D eigenvalue weighted by molar-refractivity contribution is 7.89. The highest BCUT2D eigenvalue weighted by Gasteiger charge is 2.26. The lowest BCUT2D eigenvalue weighted by atomic mass is 10.1. The maximum absolute atomic E-state index is 13.5. The largest absolute Gasteiger partial charge is 0.497 e. The summed E-state index contributed by atoms with van der Waals surface area (Å²) >= 11 is 0. The van der Waals surface area contributed by atoms with Gasteiger partial charge in [0.2, 0.25) is 10.0 Å². The second-order valence-corrected chi connectivity index (χ2v) is 9.59. The zero-order valence-corrected chi connectivity index (χ0v) is 19.4. The Hall–Kier alpha value is -3.69. The number of fused-ring (bicyclic) bond motifs is 1. The molecule has 4 aromatic rings. The van der Waals surface area contributed by atoms with E-state index in [1.54, 1.807) is 55.6 Å². The number of sulfonamides is 1. The topological polar surface area (TPSA) is 88.7 Å². The second-order valence-electron chi connectivity index (χ2n) is 7.65. The lowest BCUT2D eigenvalue weighted by Gasteiger charge is -2.22. The molecule has 0 amide bonds. The molecule has 0 atom stereocenters. The van der Waals surface area contributed by atoms with Crippen LogP contribution in [0.2, 0.25) is 0 Å². The Morgan fingerprint density at radius 3 is 2.15 bits per heavy atom. The summed E-state index contributed by atoms with van der Waals surface area (Å²) in [7, 11) is -0.972. The van der Waals surface area contributed by atoms with Gasteiger partial charge in [-0.1, -0.05) is 12.1 Å². The average Bonchev–Trinajstić information content (AvgIpc) is 2.84. The Bertz CT molecular complexity index is 1470. The summed E-state index contributed by atoms with van der Waals surface area (Å²) in [5, 5.41) is 0.735. The summed E-state index contributed by atoms with van der Waals surface area (Å²) in [6.07, 6.45) is 0. The van der Waals surface area contributed by atoms with E-state index < -0.39 is 21.4 Å². The van der Waals surface area contributed by atoms with Crippen molar-refractivity contribution in [2.45, 2.75) is 18.0 Å². The molecule has 3 aromatic carbocycles. The van der Waals surface area contributed by atoms with E-state index in [4.69, 9.17) is 9.47 Å². The van der Waals surface area contributed by atoms with Crippen LogP contribution in [0.5, 0.6) is 11.5 Å². The highest BCUT2D eigenvalue weighted by Crippen LogP contribution is 2.24. The number of pyridine rings is 1. The third-order valence-corrected chi connectivity index (χ3v) is 7.25. The van der Waals surface area contributed by atoms with Crippen LogP contribution in [0.15, 0.2) is 82.5 Å². The van der Waals surface area contributed by atoms with Gasteiger partial charge in [0.25, 0.3) is 5.56 Å². The summed E-state index contributed by atoms with van der Waals surface area (Å²) in [6, 6.07) is 18.5. The van der Waals surface area contributed by atoms with E-state index in [1.165, 1.54) is 23.5 Å². The molecule has 0 aliphatic carbocycles. The molecule has 0 unspecified atom stereocenters. The number of hydrogen-bond acceptors (Lipinski definition) is 5. The van der Waals surface area contributed by atoms with Gasteiger partial charge in [-0.15, -0.1) is 0 Å². The van der Waals surface area contributed by atoms with Gasteiger partial charge in [0.1, 0.15) is 17.3 Å². The Balaban J connectivity index is 1.74. The van der Waals surface area contributed by atoms with Crippen LogP contribution in [0.3, 0.4) is 0 Å². The van der Waals surface area contributed by atoms with Crippen molar-refractivity contribution in [1.82, 2.24) is 9.29 Å². The number of rotatable bonds is 8. The molecule has 0 saturated heterocycles. The Labute approximate surface area is 196 Å². The molecule has 0 fully saturated rings. The third kappa shape index (κ3) is 4.95. The van der Waals surface area contributed by atoms with Crippen LogP contribution in [0.1, 0.15) is 11.1 Å². The number of benzene rings is 3. The molecule has 1 N–H and O–H groups in total. The first-order valence-corrected chi connectivity index (χ1v) is 11.8. The molecule has 0 radical (unpaired) electrons. The lowest BCUT2D eigenvalue weighted by Crippen LogP contribution is -2.32. The Morgan fingerprint density at radius 2 is 1.50 bits per heavy atom. The van der Waals surface area contributed by atoms with E-state index in [1.807, 2.05) is 0 Å². The van der Waals surface area contributed by atoms with E-state index in [2.05, 4.69) is 4.98 Å². The summed E-state index contributed by atoms with van der Waals surface area (Å²) in [5.41, 5.74) is 1.15. The highest BCUT2D eigenvalue weighted by atomic mass is 32.2. The van der Waals surface area contributed by atoms with Crippen LogP contribution in [0.4, 0.5) is 4.39 Å². The smallest absolute Gasteiger partial charge is 0.252 e. The van der Waals surface area contributed by atoms with Crippen molar-refractivity contribution in [1.29, 1.82) is 0 Å². The molecule has 34 heavy (non-hydrogen) atoms. The quantitative estimate of drug-likeness (QED) is 0.409. The molecule has 0 saturated carbocycles. The van der Waals surface area contributed by atoms with Gasteiger partial charge in [-0.3, -0.25) is 4.79 Å². The zero-order chi connectivity index (χ0) is 24.3. The summed E-state index contributed by atoms with van der Waals surface area (Å²) < 4.78 is 52.0. The molecule has 9 heteroatoms. The van der Waals surface area contributed by atoms with Crippen molar-refractivity contribution >= 4 is 20.9 Å². The molecule has 1 aromatic heterocycles. The number of hydrogen-bond donors (Lipinski definition) is 1. The number of methoxy groups -OCH3 is 2. The van der Waals surface area contributed by atoms with Gasteiger partial charge in [-0.2, -0.15) is 4.31 Å². The first-order valence-electron chi connectivity index (χ1n) is 10.4. The number of ether oxygens (including phenoxy) is 2. The molecular weight excluding hydrogens is 459 g/mol. The van der Waals surface area contributed by atoms with E-state index in [9.17, 15) is 17.6 Å². The molecular formula is C25H23FN2O5S. The number of aromatic nitrogens is 1. The van der Waals surface area contributed by atoms with Crippen molar-refractivity contribution < 1.29 is 22.3 Å². The predicted octanol–water partition coefficient (Wildman–Crippen LogP) is 4.08. The fourth-order valence-electron chi connectivity index (χ4n) is 3.58. The van der Waals surface area contributed by atoms with Crippen LogP contribution in [0.25, 0.3) is 10.9 Å². The van der Waals surface area contributed by atoms with E-state index >= 15 is 0 Å². The average molecular weight is 483 g/mol. The fourth-order valence-corrected chi connectivity index (χ4v) is 4.98. The van der Waals surface area contributed by atoms with Crippen LogP contribution < -0.4 is 15.0 Å². The third-order valence-electron chi connectivity index (χ3n) is 5.45. The van der Waals surface area contributed by atoms with Gasteiger partial charge in [-0.25, -0.2) is 12.8 Å². The summed E-state index contributed by atoms with van der Waals surface area (Å²) in [4.78, 5) is 15.6. The molecule has 0 bridgehead atoms. The molecule has 1 heterocycles. The van der Waals surface area contributed by atoms with Gasteiger partial charge >= 0.3 is 0 Å². The van der Waals surface area contributed by atoms with Crippen LogP contribution in [0, 0.1) is 5.82 Å². The standard InChI is InChI=1S/C25H23FN2O5S/c1-32-21-8-3-17(4-9-21)15-28(34(30,31)23-11-6-20(26)7-12-23)16-19-13-18-5-10-22(33-2)14-24(18)27-25(19)29/h3-14H,15-16H2,1-2H3,(H,27,29). The van der Waals surface area contributed by atoms with E-state index in [0.29, 0.717) is 22.6 Å². The van der Waals surface area contributed by atoms with Crippen molar-refractivity contribution in [3.63, 3.8) is 0 Å². The minimum absolute atomic E-state index is 0.00376. The van der Waals surface area contributed by atoms with Gasteiger partial charge < -0.3 is 14.5 Å². The van der Waals surface area contributed by atoms with Gasteiger partial charge in [0, 0.05) is 24.7 Å². The normalized spacial score (nSPS) is 11.6. The summed E-state index contributed by atoms with van der Waals surface area (Å²) in [6.45, 7) is -0.174. The van der Waals surface area contributed by atoms with Crippen molar-refractivity contribution in [3.8, 4) is 11.5 Å². The van der Waals surface area contributed by atoms with Gasteiger partial charge in [0.15, 0.2) is 0 Å². The minimum Gasteiger partial charge on any atom is -0.497 e. The van der Waals surface area contributed by atoms with Crippen molar-refractivity contribution in [3.05, 3.63) is 100 Å². The number of aromatic amines is 1. The first-order chi connectivity index (χ1) is 16.3. The van der Waals surface area contributed by atoms with E-state index in [-0.39, 0.29) is 23.5 Å². The van der Waals surface area contributed by atoms with Crippen molar-refractivity contribution in [2.24, 2.45) is 0 Å². The van der Waals surface area contributed by atoms with Gasteiger partial charge in [-0.05, 0) is 65.5 Å². The molecule has 176 valence electrons. The number of halogens is 1. The molecule has 0 aliphatic rings. The number of nitrogens with zero attached hydrogens (tertiary/aromatic N) is 1. The number of nitrogens with one attached hydrogen (secondary N) is 1. The van der Waals surface area contributed by atoms with Crippen LogP contribution in [-0.4, -0.2) is 31.9 Å². The fraction of sp³-hybridized carbons (Fsp3) is 0.160. The van der Waals surface area contributed by atoms with Crippen LogP contribution >= 0.6 is 0 Å². The SMILES string of the molecule is COc1ccc(CN(Cc2cc3ccc(OC)cc3[nH]c2=O)S(=O)(=O)c2ccc(F)cc2)cc1. The zero-order valence-electron chi connectivity index (χ0n) is 18.6.